The summed E-state index contributed by atoms with van der Waals surface area (Å²) in [6, 6.07) is 2.98. The summed E-state index contributed by atoms with van der Waals surface area (Å²) in [6.45, 7) is 5.54. The number of halogens is 2. The van der Waals surface area contributed by atoms with E-state index >= 15 is 0 Å². The van der Waals surface area contributed by atoms with Gasteiger partial charge in [0.25, 0.3) is 5.91 Å². The number of nitrogen functional groups attached to an aromatic ring is 1. The van der Waals surface area contributed by atoms with Gasteiger partial charge in [0.2, 0.25) is 0 Å². The summed E-state index contributed by atoms with van der Waals surface area (Å²) in [5.74, 6) is 0.112. The Hall–Kier alpha value is -1.13. The fourth-order valence-corrected chi connectivity index (χ4v) is 1.59. The second-order valence-electron chi connectivity index (χ2n) is 4.89. The van der Waals surface area contributed by atoms with E-state index in [0.717, 1.165) is 0 Å². The predicted octanol–water partition coefficient (Wildman–Crippen LogP) is 2.87. The van der Waals surface area contributed by atoms with Crippen LogP contribution in [-0.2, 0) is 4.79 Å². The Labute approximate surface area is 116 Å². The smallest absolute Gasteiger partial charge is 0.258 e. The lowest BCUT2D eigenvalue weighted by atomic mass is 10.1. The van der Waals surface area contributed by atoms with Gasteiger partial charge in [-0.05, 0) is 26.8 Å². The second kappa shape index (κ2) is 5.67. The molecule has 0 heterocycles. The number of anilines is 1. The SMILES string of the molecule is CC(C)(C)NC(=O)COc1cc(Cl)c(Cl)cc1N. The summed E-state index contributed by atoms with van der Waals surface area (Å²) < 4.78 is 5.30. The summed E-state index contributed by atoms with van der Waals surface area (Å²) in [4.78, 5) is 11.6. The van der Waals surface area contributed by atoms with Crippen molar-refractivity contribution in [3.05, 3.63) is 22.2 Å². The van der Waals surface area contributed by atoms with Crippen molar-refractivity contribution in [2.24, 2.45) is 0 Å². The first-order valence-electron chi connectivity index (χ1n) is 5.37. The Morgan fingerprint density at radius 2 is 1.89 bits per heavy atom. The quantitative estimate of drug-likeness (QED) is 0.842. The topological polar surface area (TPSA) is 64.3 Å². The molecular weight excluding hydrogens is 275 g/mol. The number of carbonyl (C=O) groups excluding carboxylic acids is 1. The van der Waals surface area contributed by atoms with Gasteiger partial charge in [0, 0.05) is 11.6 Å². The fraction of sp³-hybridized carbons (Fsp3) is 0.417. The number of benzene rings is 1. The zero-order valence-corrected chi connectivity index (χ0v) is 12.0. The van der Waals surface area contributed by atoms with Crippen LogP contribution in [0.25, 0.3) is 0 Å². The number of rotatable bonds is 3. The van der Waals surface area contributed by atoms with Crippen molar-refractivity contribution in [3.63, 3.8) is 0 Å². The number of nitrogens with two attached hydrogens (primary N) is 1. The van der Waals surface area contributed by atoms with E-state index in [1.165, 1.54) is 12.1 Å². The van der Waals surface area contributed by atoms with E-state index in [1.54, 1.807) is 0 Å². The maximum absolute atomic E-state index is 11.6. The van der Waals surface area contributed by atoms with Gasteiger partial charge in [0.05, 0.1) is 15.7 Å². The average Bonchev–Trinajstić information content (AvgIpc) is 2.19. The van der Waals surface area contributed by atoms with Gasteiger partial charge in [-0.15, -0.1) is 0 Å². The van der Waals surface area contributed by atoms with E-state index < -0.39 is 0 Å². The molecule has 4 nitrogen and oxygen atoms in total. The zero-order chi connectivity index (χ0) is 13.9. The van der Waals surface area contributed by atoms with Gasteiger partial charge in [-0.2, -0.15) is 0 Å². The van der Waals surface area contributed by atoms with Gasteiger partial charge in [-0.3, -0.25) is 4.79 Å². The zero-order valence-electron chi connectivity index (χ0n) is 10.5. The van der Waals surface area contributed by atoms with Crippen LogP contribution in [0.15, 0.2) is 12.1 Å². The number of nitrogens with one attached hydrogen (secondary N) is 1. The molecule has 0 aromatic heterocycles. The molecule has 18 heavy (non-hydrogen) atoms. The Bertz CT molecular complexity index is 456. The molecule has 0 aliphatic rings. The molecule has 1 aromatic rings. The minimum atomic E-state index is -0.302. The van der Waals surface area contributed by atoms with E-state index in [4.69, 9.17) is 33.7 Å². The molecule has 0 spiro atoms. The number of hydrogen-bond acceptors (Lipinski definition) is 3. The van der Waals surface area contributed by atoms with E-state index in [0.29, 0.717) is 21.5 Å². The Morgan fingerprint density at radius 3 is 2.44 bits per heavy atom. The maximum atomic E-state index is 11.6. The highest BCUT2D eigenvalue weighted by molar-refractivity contribution is 6.42. The molecule has 0 aliphatic carbocycles. The van der Waals surface area contributed by atoms with Crippen molar-refractivity contribution >= 4 is 34.8 Å². The van der Waals surface area contributed by atoms with E-state index in [9.17, 15) is 4.79 Å². The Morgan fingerprint density at radius 1 is 1.33 bits per heavy atom. The van der Waals surface area contributed by atoms with Crippen LogP contribution in [0.5, 0.6) is 5.75 Å². The summed E-state index contributed by atoms with van der Waals surface area (Å²) in [7, 11) is 0. The van der Waals surface area contributed by atoms with Crippen molar-refractivity contribution < 1.29 is 9.53 Å². The molecule has 0 bridgehead atoms. The third kappa shape index (κ3) is 4.63. The number of ether oxygens (including phenoxy) is 1. The van der Waals surface area contributed by atoms with E-state index in [-0.39, 0.29) is 18.1 Å². The molecule has 1 aromatic carbocycles. The lowest BCUT2D eigenvalue weighted by molar-refractivity contribution is -0.124. The van der Waals surface area contributed by atoms with Gasteiger partial charge in [-0.1, -0.05) is 23.2 Å². The van der Waals surface area contributed by atoms with E-state index in [2.05, 4.69) is 5.32 Å². The predicted molar refractivity (Wildman–Crippen MR) is 74.3 cm³/mol. The van der Waals surface area contributed by atoms with Crippen molar-refractivity contribution in [3.8, 4) is 5.75 Å². The highest BCUT2D eigenvalue weighted by atomic mass is 35.5. The lowest BCUT2D eigenvalue weighted by Crippen LogP contribution is -2.43. The standard InChI is InChI=1S/C12H16Cl2N2O2/c1-12(2,3)16-11(17)6-18-10-5-8(14)7(13)4-9(10)15/h4-5H,6,15H2,1-3H3,(H,16,17). The van der Waals surface area contributed by atoms with Crippen LogP contribution in [0.4, 0.5) is 5.69 Å². The molecule has 0 saturated carbocycles. The average molecular weight is 291 g/mol. The van der Waals surface area contributed by atoms with Crippen LogP contribution >= 0.6 is 23.2 Å². The fourth-order valence-electron chi connectivity index (χ4n) is 1.27. The molecule has 0 saturated heterocycles. The molecule has 1 rings (SSSR count). The molecule has 0 radical (unpaired) electrons. The normalized spacial score (nSPS) is 11.2. The summed E-state index contributed by atoms with van der Waals surface area (Å²) >= 11 is 11.6. The van der Waals surface area contributed by atoms with Gasteiger partial charge in [-0.25, -0.2) is 0 Å². The number of carbonyl (C=O) groups is 1. The third-order valence-electron chi connectivity index (χ3n) is 1.93. The van der Waals surface area contributed by atoms with Crippen LogP contribution < -0.4 is 15.8 Å². The monoisotopic (exact) mass is 290 g/mol. The number of hydrogen-bond donors (Lipinski definition) is 2. The van der Waals surface area contributed by atoms with Crippen LogP contribution in [-0.4, -0.2) is 18.1 Å². The van der Waals surface area contributed by atoms with Gasteiger partial charge < -0.3 is 15.8 Å². The molecule has 0 fully saturated rings. The van der Waals surface area contributed by atoms with Crippen LogP contribution in [0.2, 0.25) is 10.0 Å². The highest BCUT2D eigenvalue weighted by Gasteiger charge is 2.14. The molecule has 1 amide bonds. The highest BCUT2D eigenvalue weighted by Crippen LogP contribution is 2.32. The van der Waals surface area contributed by atoms with Crippen molar-refractivity contribution in [1.29, 1.82) is 0 Å². The minimum absolute atomic E-state index is 0.126. The van der Waals surface area contributed by atoms with Crippen molar-refractivity contribution in [2.45, 2.75) is 26.3 Å². The maximum Gasteiger partial charge on any atom is 0.258 e. The van der Waals surface area contributed by atoms with Gasteiger partial charge in [0.15, 0.2) is 6.61 Å². The molecule has 0 atom stereocenters. The van der Waals surface area contributed by atoms with Gasteiger partial charge in [0.1, 0.15) is 5.75 Å². The second-order valence-corrected chi connectivity index (χ2v) is 5.71. The molecule has 0 unspecified atom stereocenters. The largest absolute Gasteiger partial charge is 0.482 e. The third-order valence-corrected chi connectivity index (χ3v) is 2.65. The lowest BCUT2D eigenvalue weighted by Gasteiger charge is -2.20. The minimum Gasteiger partial charge on any atom is -0.482 e. The van der Waals surface area contributed by atoms with Crippen molar-refractivity contribution in [1.82, 2.24) is 5.32 Å². The van der Waals surface area contributed by atoms with Crippen molar-refractivity contribution in [2.75, 3.05) is 12.3 Å². The molecule has 0 aliphatic heterocycles. The summed E-state index contributed by atoms with van der Waals surface area (Å²) in [5, 5.41) is 3.45. The molecule has 6 heteroatoms. The molecule has 3 N–H and O–H groups in total. The number of amides is 1. The van der Waals surface area contributed by atoms with Gasteiger partial charge >= 0.3 is 0 Å². The Balaban J connectivity index is 2.64. The first-order chi connectivity index (χ1) is 8.19. The van der Waals surface area contributed by atoms with E-state index in [1.807, 2.05) is 20.8 Å². The Kier molecular flexibility index (Phi) is 4.71. The van der Waals surface area contributed by atoms with Crippen LogP contribution in [0.1, 0.15) is 20.8 Å². The first-order valence-corrected chi connectivity index (χ1v) is 6.13. The summed E-state index contributed by atoms with van der Waals surface area (Å²) in [6.07, 6.45) is 0. The van der Waals surface area contributed by atoms with Crippen LogP contribution in [0.3, 0.4) is 0 Å². The van der Waals surface area contributed by atoms with Crippen LogP contribution in [0, 0.1) is 0 Å². The first kappa shape index (κ1) is 14.9. The summed E-state index contributed by atoms with van der Waals surface area (Å²) in [5.41, 5.74) is 5.74. The molecular formula is C12H16Cl2N2O2. The molecule has 100 valence electrons.